The lowest BCUT2D eigenvalue weighted by Crippen LogP contribution is -2.09. The van der Waals surface area contributed by atoms with Gasteiger partial charge < -0.3 is 14.6 Å². The molecule has 126 valence electrons. The highest BCUT2D eigenvalue weighted by molar-refractivity contribution is 7.22. The van der Waals surface area contributed by atoms with Crippen molar-refractivity contribution < 1.29 is 9.53 Å². The SMILES string of the molecule is CCc1nnc(CCNc2nc3ccc(C(=O)OC)cc3s2)n1C. The number of nitrogens with one attached hydrogen (secondary N) is 1. The number of hydrogen-bond acceptors (Lipinski definition) is 7. The van der Waals surface area contributed by atoms with Gasteiger partial charge in [0.1, 0.15) is 11.6 Å². The second-order valence-corrected chi connectivity index (χ2v) is 6.35. The number of esters is 1. The summed E-state index contributed by atoms with van der Waals surface area (Å²) in [6.45, 7) is 2.79. The van der Waals surface area contributed by atoms with Gasteiger partial charge in [0.25, 0.3) is 0 Å². The summed E-state index contributed by atoms with van der Waals surface area (Å²) in [6, 6.07) is 5.36. The summed E-state index contributed by atoms with van der Waals surface area (Å²) in [5, 5.41) is 12.5. The molecule has 1 aromatic carbocycles. The van der Waals surface area contributed by atoms with Crippen LogP contribution in [0.15, 0.2) is 18.2 Å². The van der Waals surface area contributed by atoms with E-state index in [2.05, 4.69) is 27.4 Å². The normalized spacial score (nSPS) is 11.0. The first-order valence-electron chi connectivity index (χ1n) is 7.72. The molecule has 3 rings (SSSR count). The third-order valence-electron chi connectivity index (χ3n) is 3.81. The number of benzene rings is 1. The molecule has 0 saturated carbocycles. The van der Waals surface area contributed by atoms with Crippen LogP contribution < -0.4 is 5.32 Å². The molecule has 0 bridgehead atoms. The Hall–Kier alpha value is -2.48. The Labute approximate surface area is 143 Å². The monoisotopic (exact) mass is 345 g/mol. The summed E-state index contributed by atoms with van der Waals surface area (Å²) in [6.07, 6.45) is 1.64. The van der Waals surface area contributed by atoms with Crippen molar-refractivity contribution in [2.24, 2.45) is 7.05 Å². The number of hydrogen-bond donors (Lipinski definition) is 1. The first kappa shape index (κ1) is 16.4. The summed E-state index contributed by atoms with van der Waals surface area (Å²) in [7, 11) is 3.36. The van der Waals surface area contributed by atoms with E-state index in [0.29, 0.717) is 5.56 Å². The highest BCUT2D eigenvalue weighted by Gasteiger charge is 2.10. The van der Waals surface area contributed by atoms with Crippen LogP contribution in [0.5, 0.6) is 0 Å². The van der Waals surface area contributed by atoms with Crippen molar-refractivity contribution in [3.05, 3.63) is 35.4 Å². The van der Waals surface area contributed by atoms with E-state index in [0.717, 1.165) is 46.4 Å². The smallest absolute Gasteiger partial charge is 0.337 e. The molecule has 24 heavy (non-hydrogen) atoms. The molecule has 3 aromatic rings. The number of aryl methyl sites for hydroxylation is 1. The van der Waals surface area contributed by atoms with Gasteiger partial charge in [-0.25, -0.2) is 9.78 Å². The zero-order valence-corrected chi connectivity index (χ0v) is 14.7. The molecule has 0 aliphatic rings. The number of carbonyl (C=O) groups is 1. The van der Waals surface area contributed by atoms with E-state index < -0.39 is 0 Å². The van der Waals surface area contributed by atoms with Crippen LogP contribution in [0, 0.1) is 0 Å². The van der Waals surface area contributed by atoms with Gasteiger partial charge in [0.05, 0.1) is 22.9 Å². The lowest BCUT2D eigenvalue weighted by Gasteiger charge is -2.03. The van der Waals surface area contributed by atoms with Gasteiger partial charge in [-0.15, -0.1) is 10.2 Å². The van der Waals surface area contributed by atoms with E-state index in [1.54, 1.807) is 12.1 Å². The Morgan fingerprint density at radius 3 is 2.83 bits per heavy atom. The third kappa shape index (κ3) is 3.23. The minimum absolute atomic E-state index is 0.339. The average Bonchev–Trinajstić information content (AvgIpc) is 3.16. The van der Waals surface area contributed by atoms with Crippen LogP contribution >= 0.6 is 11.3 Å². The van der Waals surface area contributed by atoms with Gasteiger partial charge in [-0.2, -0.15) is 0 Å². The lowest BCUT2D eigenvalue weighted by molar-refractivity contribution is 0.0601. The van der Waals surface area contributed by atoms with Crippen molar-refractivity contribution in [2.45, 2.75) is 19.8 Å². The molecule has 0 radical (unpaired) electrons. The Morgan fingerprint density at radius 2 is 2.12 bits per heavy atom. The van der Waals surface area contributed by atoms with Crippen molar-refractivity contribution in [3.8, 4) is 0 Å². The summed E-state index contributed by atoms with van der Waals surface area (Å²) < 4.78 is 7.72. The van der Waals surface area contributed by atoms with Crippen LogP contribution in [0.4, 0.5) is 5.13 Å². The standard InChI is InChI=1S/C16H19N5O2S/c1-4-13-19-20-14(21(13)2)7-8-17-16-18-11-6-5-10(15(22)23-3)9-12(11)24-16/h5-6,9H,4,7-8H2,1-3H3,(H,17,18). The van der Waals surface area contributed by atoms with E-state index in [-0.39, 0.29) is 5.97 Å². The van der Waals surface area contributed by atoms with E-state index in [4.69, 9.17) is 4.74 Å². The van der Waals surface area contributed by atoms with E-state index in [9.17, 15) is 4.79 Å². The molecule has 0 saturated heterocycles. The van der Waals surface area contributed by atoms with Crippen LogP contribution in [-0.4, -0.2) is 39.4 Å². The lowest BCUT2D eigenvalue weighted by atomic mass is 10.2. The summed E-state index contributed by atoms with van der Waals surface area (Å²) >= 11 is 1.52. The van der Waals surface area contributed by atoms with Gasteiger partial charge in [-0.1, -0.05) is 18.3 Å². The van der Waals surface area contributed by atoms with Crippen LogP contribution in [0.1, 0.15) is 28.9 Å². The number of methoxy groups -OCH3 is 1. The van der Waals surface area contributed by atoms with Crippen LogP contribution in [0.2, 0.25) is 0 Å². The molecule has 2 heterocycles. The second-order valence-electron chi connectivity index (χ2n) is 5.31. The second kappa shape index (κ2) is 6.96. The van der Waals surface area contributed by atoms with Gasteiger partial charge >= 0.3 is 5.97 Å². The Bertz CT molecular complexity index is 871. The first-order chi connectivity index (χ1) is 11.6. The average molecular weight is 345 g/mol. The Kier molecular flexibility index (Phi) is 4.75. The van der Waals surface area contributed by atoms with Crippen molar-refractivity contribution in [1.82, 2.24) is 19.7 Å². The number of ether oxygens (including phenoxy) is 1. The molecule has 1 N–H and O–H groups in total. The zero-order chi connectivity index (χ0) is 17.1. The summed E-state index contributed by atoms with van der Waals surface area (Å²) in [5.41, 5.74) is 1.40. The molecule has 0 unspecified atom stereocenters. The molecule has 0 atom stereocenters. The fraction of sp³-hybridized carbons (Fsp3) is 0.375. The van der Waals surface area contributed by atoms with Crippen LogP contribution in [0.25, 0.3) is 10.2 Å². The largest absolute Gasteiger partial charge is 0.465 e. The fourth-order valence-electron chi connectivity index (χ4n) is 2.45. The van der Waals surface area contributed by atoms with Crippen molar-refractivity contribution in [2.75, 3.05) is 19.0 Å². The highest BCUT2D eigenvalue weighted by Crippen LogP contribution is 2.27. The quantitative estimate of drug-likeness (QED) is 0.691. The molecule has 0 spiro atoms. The van der Waals surface area contributed by atoms with Gasteiger partial charge in [0, 0.05) is 26.4 Å². The van der Waals surface area contributed by atoms with E-state index in [1.807, 2.05) is 17.7 Å². The number of thiazole rings is 1. The van der Waals surface area contributed by atoms with Gasteiger partial charge in [-0.05, 0) is 18.2 Å². The van der Waals surface area contributed by atoms with Crippen molar-refractivity contribution in [1.29, 1.82) is 0 Å². The summed E-state index contributed by atoms with van der Waals surface area (Å²) in [4.78, 5) is 16.1. The molecule has 0 aliphatic heterocycles. The fourth-order valence-corrected chi connectivity index (χ4v) is 3.38. The van der Waals surface area contributed by atoms with Gasteiger partial charge in [-0.3, -0.25) is 0 Å². The van der Waals surface area contributed by atoms with Crippen LogP contribution in [-0.2, 0) is 24.6 Å². The number of rotatable bonds is 6. The van der Waals surface area contributed by atoms with Gasteiger partial charge in [0.2, 0.25) is 0 Å². The number of anilines is 1. The molecular formula is C16H19N5O2S. The topological polar surface area (TPSA) is 81.9 Å². The minimum atomic E-state index is -0.339. The van der Waals surface area contributed by atoms with Gasteiger partial charge in [0.15, 0.2) is 5.13 Å². The Balaban J connectivity index is 1.67. The molecule has 0 amide bonds. The van der Waals surface area contributed by atoms with E-state index >= 15 is 0 Å². The Morgan fingerprint density at radius 1 is 1.33 bits per heavy atom. The number of aromatic nitrogens is 4. The third-order valence-corrected chi connectivity index (χ3v) is 4.78. The maximum Gasteiger partial charge on any atom is 0.337 e. The highest BCUT2D eigenvalue weighted by atomic mass is 32.1. The van der Waals surface area contributed by atoms with E-state index in [1.165, 1.54) is 18.4 Å². The number of nitrogens with zero attached hydrogens (tertiary/aromatic N) is 4. The minimum Gasteiger partial charge on any atom is -0.465 e. The molecule has 0 aliphatic carbocycles. The maximum absolute atomic E-state index is 11.6. The molecule has 2 aromatic heterocycles. The van der Waals surface area contributed by atoms with Crippen LogP contribution in [0.3, 0.4) is 0 Å². The predicted octanol–water partition coefficient (Wildman–Crippen LogP) is 2.43. The molecule has 7 nitrogen and oxygen atoms in total. The van der Waals surface area contributed by atoms with Crippen molar-refractivity contribution in [3.63, 3.8) is 0 Å². The maximum atomic E-state index is 11.6. The predicted molar refractivity (Wildman–Crippen MR) is 93.5 cm³/mol. The molecule has 0 fully saturated rings. The van der Waals surface area contributed by atoms with Crippen molar-refractivity contribution >= 4 is 32.7 Å². The first-order valence-corrected chi connectivity index (χ1v) is 8.54. The number of carbonyl (C=O) groups excluding carboxylic acids is 1. The zero-order valence-electron chi connectivity index (χ0n) is 13.9. The number of fused-ring (bicyclic) bond motifs is 1. The summed E-state index contributed by atoms with van der Waals surface area (Å²) in [5.74, 6) is 1.60. The molecular weight excluding hydrogens is 326 g/mol. The molecule has 8 heteroatoms.